The molecule has 0 bridgehead atoms. The van der Waals surface area contributed by atoms with Crippen LogP contribution in [0.25, 0.3) is 0 Å². The topological polar surface area (TPSA) is 90.4 Å². The lowest BCUT2D eigenvalue weighted by molar-refractivity contribution is 0.100. The number of rotatable bonds is 7. The number of primary amides is 1. The van der Waals surface area contributed by atoms with Crippen molar-refractivity contribution in [2.45, 2.75) is 12.8 Å². The lowest BCUT2D eigenvalue weighted by atomic mass is 10.1. The van der Waals surface area contributed by atoms with E-state index in [-0.39, 0.29) is 0 Å². The number of amides is 1. The van der Waals surface area contributed by atoms with Gasteiger partial charge in [0.2, 0.25) is 5.91 Å². The number of ether oxygens (including phenoxy) is 1. The number of hydrogen-bond donors (Lipinski definition) is 3. The summed E-state index contributed by atoms with van der Waals surface area (Å²) in [6.07, 6.45) is 2.60. The molecule has 0 spiro atoms. The van der Waals surface area contributed by atoms with Crippen molar-refractivity contribution in [1.82, 2.24) is 0 Å². The molecule has 0 unspecified atom stereocenters. The minimum atomic E-state index is -0.471. The molecule has 5 heteroatoms. The Kier molecular flexibility index (Phi) is 4.04. The van der Waals surface area contributed by atoms with E-state index in [0.29, 0.717) is 24.4 Å². The van der Waals surface area contributed by atoms with Crippen LogP contribution in [0.1, 0.15) is 23.2 Å². The molecule has 0 saturated heterocycles. The molecule has 0 aliphatic heterocycles. The maximum Gasteiger partial charge on any atom is 0.248 e. The summed E-state index contributed by atoms with van der Waals surface area (Å²) in [7, 11) is 0. The summed E-state index contributed by atoms with van der Waals surface area (Å²) < 4.78 is 5.50. The lowest BCUT2D eigenvalue weighted by Gasteiger charge is -2.10. The van der Waals surface area contributed by atoms with Crippen molar-refractivity contribution in [1.29, 1.82) is 0 Å². The molecule has 0 heterocycles. The van der Waals surface area contributed by atoms with Crippen molar-refractivity contribution in [3.63, 3.8) is 0 Å². The Morgan fingerprint density at radius 1 is 1.44 bits per heavy atom. The van der Waals surface area contributed by atoms with Gasteiger partial charge in [-0.25, -0.2) is 0 Å². The van der Waals surface area contributed by atoms with Crippen molar-refractivity contribution < 1.29 is 9.53 Å². The van der Waals surface area contributed by atoms with Crippen molar-refractivity contribution in [3.8, 4) is 0 Å². The molecule has 1 aromatic rings. The molecule has 2 rings (SSSR count). The summed E-state index contributed by atoms with van der Waals surface area (Å²) >= 11 is 0. The Morgan fingerprint density at radius 2 is 2.22 bits per heavy atom. The highest BCUT2D eigenvalue weighted by Crippen LogP contribution is 2.28. The van der Waals surface area contributed by atoms with Crippen LogP contribution >= 0.6 is 0 Å². The second-order valence-electron chi connectivity index (χ2n) is 4.61. The van der Waals surface area contributed by atoms with Gasteiger partial charge in [-0.3, -0.25) is 4.79 Å². The number of carbonyl (C=O) groups is 1. The van der Waals surface area contributed by atoms with Crippen molar-refractivity contribution in [2.75, 3.05) is 30.8 Å². The summed E-state index contributed by atoms with van der Waals surface area (Å²) in [4.78, 5) is 11.0. The monoisotopic (exact) mass is 249 g/mol. The van der Waals surface area contributed by atoms with Gasteiger partial charge in [0.05, 0.1) is 18.0 Å². The zero-order valence-electron chi connectivity index (χ0n) is 10.3. The molecule has 0 radical (unpaired) electrons. The number of carbonyl (C=O) groups excluding carboxylic acids is 1. The Labute approximate surface area is 106 Å². The van der Waals surface area contributed by atoms with Crippen LogP contribution in [0.2, 0.25) is 0 Å². The fourth-order valence-corrected chi connectivity index (χ4v) is 1.67. The molecule has 1 amide bonds. The molecule has 1 saturated carbocycles. The van der Waals surface area contributed by atoms with Crippen LogP contribution in [0.4, 0.5) is 11.4 Å². The molecule has 5 nitrogen and oxygen atoms in total. The Hall–Kier alpha value is -1.75. The average Bonchev–Trinajstić information content (AvgIpc) is 3.14. The van der Waals surface area contributed by atoms with Gasteiger partial charge in [0.15, 0.2) is 0 Å². The second kappa shape index (κ2) is 5.73. The van der Waals surface area contributed by atoms with E-state index in [1.54, 1.807) is 18.2 Å². The van der Waals surface area contributed by atoms with Crippen LogP contribution in [0, 0.1) is 5.92 Å². The predicted octanol–water partition coefficient (Wildman–Crippen LogP) is 1.21. The highest BCUT2D eigenvalue weighted by atomic mass is 16.5. The summed E-state index contributed by atoms with van der Waals surface area (Å²) in [5.74, 6) is 0.311. The molecule has 1 aromatic carbocycles. The van der Waals surface area contributed by atoms with Gasteiger partial charge >= 0.3 is 0 Å². The van der Waals surface area contributed by atoms with Crippen LogP contribution in [-0.4, -0.2) is 25.7 Å². The molecule has 1 fully saturated rings. The SMILES string of the molecule is NC(=O)c1ccc(NCCOCC2CC2)c(N)c1. The molecule has 0 atom stereocenters. The van der Waals surface area contributed by atoms with E-state index in [4.69, 9.17) is 16.2 Å². The van der Waals surface area contributed by atoms with Gasteiger partial charge in [0, 0.05) is 18.7 Å². The maximum atomic E-state index is 11.0. The normalized spacial score (nSPS) is 14.4. The predicted molar refractivity (Wildman–Crippen MR) is 71.4 cm³/mol. The average molecular weight is 249 g/mol. The van der Waals surface area contributed by atoms with E-state index in [2.05, 4.69) is 5.32 Å². The first-order valence-corrected chi connectivity index (χ1v) is 6.18. The zero-order valence-corrected chi connectivity index (χ0v) is 10.3. The third-order valence-electron chi connectivity index (χ3n) is 2.95. The van der Waals surface area contributed by atoms with Crippen LogP contribution < -0.4 is 16.8 Å². The molecule has 1 aliphatic carbocycles. The smallest absolute Gasteiger partial charge is 0.248 e. The summed E-state index contributed by atoms with van der Waals surface area (Å²) in [5, 5.41) is 3.17. The van der Waals surface area contributed by atoms with Gasteiger partial charge < -0.3 is 21.5 Å². The number of nitrogens with two attached hydrogens (primary N) is 2. The summed E-state index contributed by atoms with van der Waals surface area (Å²) in [6, 6.07) is 5.00. The van der Waals surface area contributed by atoms with E-state index in [0.717, 1.165) is 18.2 Å². The van der Waals surface area contributed by atoms with Crippen molar-refractivity contribution in [2.24, 2.45) is 11.7 Å². The van der Waals surface area contributed by atoms with Gasteiger partial charge in [0.25, 0.3) is 0 Å². The number of anilines is 2. The van der Waals surface area contributed by atoms with E-state index in [9.17, 15) is 4.79 Å². The Balaban J connectivity index is 1.75. The molecule has 0 aromatic heterocycles. The third kappa shape index (κ3) is 3.63. The number of benzene rings is 1. The molecular formula is C13H19N3O2. The molecule has 5 N–H and O–H groups in total. The first-order valence-electron chi connectivity index (χ1n) is 6.18. The molecular weight excluding hydrogens is 230 g/mol. The van der Waals surface area contributed by atoms with Gasteiger partial charge in [0.1, 0.15) is 0 Å². The minimum Gasteiger partial charge on any atom is -0.397 e. The number of nitrogens with one attached hydrogen (secondary N) is 1. The van der Waals surface area contributed by atoms with Crippen LogP contribution in [0.3, 0.4) is 0 Å². The summed E-state index contributed by atoms with van der Waals surface area (Å²) in [5.41, 5.74) is 12.7. The highest BCUT2D eigenvalue weighted by molar-refractivity contribution is 5.94. The quantitative estimate of drug-likeness (QED) is 0.500. The maximum absolute atomic E-state index is 11.0. The third-order valence-corrected chi connectivity index (χ3v) is 2.95. The number of hydrogen-bond acceptors (Lipinski definition) is 4. The number of nitrogen functional groups attached to an aromatic ring is 1. The molecule has 18 heavy (non-hydrogen) atoms. The van der Waals surface area contributed by atoms with Gasteiger partial charge in [-0.2, -0.15) is 0 Å². The van der Waals surface area contributed by atoms with Crippen LogP contribution in [-0.2, 0) is 4.74 Å². The Bertz CT molecular complexity index is 430. The van der Waals surface area contributed by atoms with Gasteiger partial charge in [-0.05, 0) is 37.0 Å². The first-order chi connectivity index (χ1) is 8.66. The van der Waals surface area contributed by atoms with E-state index >= 15 is 0 Å². The second-order valence-corrected chi connectivity index (χ2v) is 4.61. The molecule has 1 aliphatic rings. The van der Waals surface area contributed by atoms with Crippen LogP contribution in [0.5, 0.6) is 0 Å². The molecule has 98 valence electrons. The minimum absolute atomic E-state index is 0.419. The standard InChI is InChI=1S/C13H19N3O2/c14-11-7-10(13(15)17)3-4-12(11)16-5-6-18-8-9-1-2-9/h3-4,7,9,16H,1-2,5-6,8,14H2,(H2,15,17). The van der Waals surface area contributed by atoms with Crippen LogP contribution in [0.15, 0.2) is 18.2 Å². The zero-order chi connectivity index (χ0) is 13.0. The van der Waals surface area contributed by atoms with Crippen molar-refractivity contribution in [3.05, 3.63) is 23.8 Å². The van der Waals surface area contributed by atoms with Gasteiger partial charge in [-0.15, -0.1) is 0 Å². The fourth-order valence-electron chi connectivity index (χ4n) is 1.67. The highest BCUT2D eigenvalue weighted by Gasteiger charge is 2.20. The lowest BCUT2D eigenvalue weighted by Crippen LogP contribution is -2.14. The van der Waals surface area contributed by atoms with Gasteiger partial charge in [-0.1, -0.05) is 0 Å². The largest absolute Gasteiger partial charge is 0.397 e. The van der Waals surface area contributed by atoms with E-state index in [1.165, 1.54) is 12.8 Å². The first kappa shape index (κ1) is 12.7. The fraction of sp³-hybridized carbons (Fsp3) is 0.462. The van der Waals surface area contributed by atoms with Crippen molar-refractivity contribution >= 4 is 17.3 Å². The van der Waals surface area contributed by atoms with E-state index < -0.39 is 5.91 Å². The summed E-state index contributed by atoms with van der Waals surface area (Å²) in [6.45, 7) is 2.22. The Morgan fingerprint density at radius 3 is 2.83 bits per heavy atom. The van der Waals surface area contributed by atoms with E-state index in [1.807, 2.05) is 0 Å².